The van der Waals surface area contributed by atoms with E-state index in [-0.39, 0.29) is 12.5 Å². The van der Waals surface area contributed by atoms with Gasteiger partial charge in [0.25, 0.3) is 0 Å². The highest BCUT2D eigenvalue weighted by atomic mass is 16.2. The van der Waals surface area contributed by atoms with Gasteiger partial charge in [-0.1, -0.05) is 19.8 Å². The Hall–Kier alpha value is -1.96. The van der Waals surface area contributed by atoms with Crippen molar-refractivity contribution in [1.82, 2.24) is 9.47 Å². The number of rotatable bonds is 6. The van der Waals surface area contributed by atoms with Crippen LogP contribution in [-0.2, 0) is 17.8 Å². The van der Waals surface area contributed by atoms with Crippen LogP contribution >= 0.6 is 0 Å². The number of piperidine rings is 1. The molecule has 1 aromatic heterocycles. The molecule has 0 unspecified atom stereocenters. The lowest BCUT2D eigenvalue weighted by atomic mass is 10.0. The molecule has 2 heterocycles. The fourth-order valence-electron chi connectivity index (χ4n) is 3.40. The average Bonchev–Trinajstić information content (AvgIpc) is 2.84. The number of nitrogens with zero attached hydrogens (tertiary/aromatic N) is 3. The maximum atomic E-state index is 12.7. The van der Waals surface area contributed by atoms with Gasteiger partial charge in [-0.3, -0.25) is 4.79 Å². The summed E-state index contributed by atoms with van der Waals surface area (Å²) in [6, 6.07) is 4.17. The van der Waals surface area contributed by atoms with Gasteiger partial charge in [0.15, 0.2) is 0 Å². The zero-order chi connectivity index (χ0) is 16.8. The fourth-order valence-corrected chi connectivity index (χ4v) is 3.40. The first-order valence-corrected chi connectivity index (χ1v) is 8.76. The third-order valence-corrected chi connectivity index (χ3v) is 4.79. The van der Waals surface area contributed by atoms with E-state index in [0.29, 0.717) is 17.4 Å². The summed E-state index contributed by atoms with van der Waals surface area (Å²) in [5.74, 6) is 0.0982. The maximum Gasteiger partial charge on any atom is 0.242 e. The molecule has 5 heteroatoms. The van der Waals surface area contributed by atoms with E-state index >= 15 is 0 Å². The zero-order valence-corrected chi connectivity index (χ0v) is 14.3. The number of anilines is 1. The number of hydrogen-bond donors (Lipinski definition) is 1. The van der Waals surface area contributed by atoms with Crippen molar-refractivity contribution in [3.05, 3.63) is 17.5 Å². The van der Waals surface area contributed by atoms with Crippen LogP contribution in [0.25, 0.3) is 0 Å². The van der Waals surface area contributed by atoms with E-state index in [4.69, 9.17) is 5.73 Å². The molecule has 0 saturated carbocycles. The van der Waals surface area contributed by atoms with Crippen LogP contribution in [0.2, 0.25) is 0 Å². The molecule has 2 rings (SSSR count). The molecule has 1 amide bonds. The van der Waals surface area contributed by atoms with Crippen LogP contribution in [0.3, 0.4) is 0 Å². The molecule has 1 aliphatic rings. The fraction of sp³-hybridized carbons (Fsp3) is 0.667. The standard InChI is InChI=1S/C18H28N4O/c1-3-4-5-9-17-16(20)11-15(12-19)22(17)13-18(23)21-10-7-6-8-14(21)2/h11,14H,3-10,13,20H2,1-2H3/t14-/m0/s1. The van der Waals surface area contributed by atoms with Crippen LogP contribution in [-0.4, -0.2) is 28.0 Å². The first kappa shape index (κ1) is 17.4. The molecular weight excluding hydrogens is 288 g/mol. The van der Waals surface area contributed by atoms with Crippen molar-refractivity contribution in [2.75, 3.05) is 12.3 Å². The van der Waals surface area contributed by atoms with E-state index in [1.54, 1.807) is 6.07 Å². The highest BCUT2D eigenvalue weighted by Crippen LogP contribution is 2.22. The molecule has 0 radical (unpaired) electrons. The third-order valence-electron chi connectivity index (χ3n) is 4.79. The Bertz CT molecular complexity index is 585. The Morgan fingerprint density at radius 3 is 2.87 bits per heavy atom. The van der Waals surface area contributed by atoms with Gasteiger partial charge < -0.3 is 15.2 Å². The summed E-state index contributed by atoms with van der Waals surface area (Å²) in [6.45, 7) is 5.31. The van der Waals surface area contributed by atoms with Gasteiger partial charge in [-0.05, 0) is 45.1 Å². The van der Waals surface area contributed by atoms with Gasteiger partial charge >= 0.3 is 0 Å². The zero-order valence-electron chi connectivity index (χ0n) is 14.3. The first-order valence-electron chi connectivity index (χ1n) is 8.76. The number of nitrogens with two attached hydrogens (primary N) is 1. The SMILES string of the molecule is CCCCCc1c(N)cc(C#N)n1CC(=O)N1CCCC[C@@H]1C. The number of nitrogen functional groups attached to an aromatic ring is 1. The molecule has 5 nitrogen and oxygen atoms in total. The highest BCUT2D eigenvalue weighted by molar-refractivity contribution is 5.77. The molecule has 1 fully saturated rings. The molecule has 2 N–H and O–H groups in total. The van der Waals surface area contributed by atoms with Crippen LogP contribution in [0, 0.1) is 11.3 Å². The Labute approximate surface area is 139 Å². The molecule has 23 heavy (non-hydrogen) atoms. The Kier molecular flexibility index (Phi) is 6.09. The average molecular weight is 316 g/mol. The molecule has 0 aromatic carbocycles. The minimum absolute atomic E-state index is 0.0982. The molecule has 126 valence electrons. The lowest BCUT2D eigenvalue weighted by Gasteiger charge is -2.33. The van der Waals surface area contributed by atoms with Crippen LogP contribution < -0.4 is 5.73 Å². The van der Waals surface area contributed by atoms with Crippen LogP contribution in [0.4, 0.5) is 5.69 Å². The van der Waals surface area contributed by atoms with Gasteiger partial charge in [-0.2, -0.15) is 5.26 Å². The van der Waals surface area contributed by atoms with Gasteiger partial charge in [-0.25, -0.2) is 0 Å². The molecule has 1 saturated heterocycles. The van der Waals surface area contributed by atoms with Crippen molar-refractivity contribution in [3.8, 4) is 6.07 Å². The van der Waals surface area contributed by atoms with Crippen LogP contribution in [0.15, 0.2) is 6.07 Å². The topological polar surface area (TPSA) is 75.0 Å². The predicted molar refractivity (Wildman–Crippen MR) is 91.8 cm³/mol. The summed E-state index contributed by atoms with van der Waals surface area (Å²) in [7, 11) is 0. The Morgan fingerprint density at radius 2 is 2.22 bits per heavy atom. The summed E-state index contributed by atoms with van der Waals surface area (Å²) >= 11 is 0. The van der Waals surface area contributed by atoms with E-state index in [1.807, 2.05) is 9.47 Å². The number of amides is 1. The quantitative estimate of drug-likeness (QED) is 0.819. The summed E-state index contributed by atoms with van der Waals surface area (Å²) in [4.78, 5) is 14.6. The summed E-state index contributed by atoms with van der Waals surface area (Å²) < 4.78 is 1.83. The molecular formula is C18H28N4O. The summed E-state index contributed by atoms with van der Waals surface area (Å²) in [6.07, 6.45) is 7.44. The van der Waals surface area contributed by atoms with Crippen molar-refractivity contribution in [1.29, 1.82) is 5.26 Å². The molecule has 0 spiro atoms. The van der Waals surface area contributed by atoms with Crippen molar-refractivity contribution >= 4 is 11.6 Å². The molecule has 0 bridgehead atoms. The Morgan fingerprint density at radius 1 is 1.43 bits per heavy atom. The van der Waals surface area contributed by atoms with Crippen molar-refractivity contribution in [2.45, 2.75) is 71.4 Å². The van der Waals surface area contributed by atoms with E-state index in [0.717, 1.165) is 50.8 Å². The van der Waals surface area contributed by atoms with Crippen molar-refractivity contribution in [2.24, 2.45) is 0 Å². The summed E-state index contributed by atoms with van der Waals surface area (Å²) in [5, 5.41) is 9.35. The van der Waals surface area contributed by atoms with Crippen molar-refractivity contribution < 1.29 is 4.79 Å². The number of carbonyl (C=O) groups is 1. The van der Waals surface area contributed by atoms with E-state index in [2.05, 4.69) is 19.9 Å². The van der Waals surface area contributed by atoms with Gasteiger partial charge in [-0.15, -0.1) is 0 Å². The lowest BCUT2D eigenvalue weighted by Crippen LogP contribution is -2.43. The lowest BCUT2D eigenvalue weighted by molar-refractivity contribution is -0.135. The molecule has 1 aromatic rings. The largest absolute Gasteiger partial charge is 0.397 e. The number of aromatic nitrogens is 1. The normalized spacial score (nSPS) is 18.0. The minimum atomic E-state index is 0.0982. The second-order valence-corrected chi connectivity index (χ2v) is 6.52. The number of unbranched alkanes of at least 4 members (excludes halogenated alkanes) is 2. The smallest absolute Gasteiger partial charge is 0.242 e. The van der Waals surface area contributed by atoms with Crippen molar-refractivity contribution in [3.63, 3.8) is 0 Å². The molecule has 1 aliphatic heterocycles. The second kappa shape index (κ2) is 8.05. The number of likely N-dealkylation sites (tertiary alicyclic amines) is 1. The van der Waals surface area contributed by atoms with Crippen LogP contribution in [0.1, 0.15) is 63.8 Å². The molecule has 0 aliphatic carbocycles. The summed E-state index contributed by atoms with van der Waals surface area (Å²) in [5.41, 5.74) is 8.15. The van der Waals surface area contributed by atoms with E-state index in [9.17, 15) is 10.1 Å². The van der Waals surface area contributed by atoms with E-state index < -0.39 is 0 Å². The van der Waals surface area contributed by atoms with Crippen LogP contribution in [0.5, 0.6) is 0 Å². The monoisotopic (exact) mass is 316 g/mol. The third kappa shape index (κ3) is 4.07. The first-order chi connectivity index (χ1) is 11.1. The molecule has 1 atom stereocenters. The minimum Gasteiger partial charge on any atom is -0.397 e. The van der Waals surface area contributed by atoms with Gasteiger partial charge in [0.05, 0.1) is 5.69 Å². The predicted octanol–water partition coefficient (Wildman–Crippen LogP) is 3.08. The second-order valence-electron chi connectivity index (χ2n) is 6.52. The van der Waals surface area contributed by atoms with E-state index in [1.165, 1.54) is 6.42 Å². The Balaban J connectivity index is 2.16. The number of nitriles is 1. The number of carbonyl (C=O) groups excluding carboxylic acids is 1. The van der Waals surface area contributed by atoms with Gasteiger partial charge in [0.1, 0.15) is 18.3 Å². The van der Waals surface area contributed by atoms with Gasteiger partial charge in [0, 0.05) is 18.3 Å². The number of hydrogen-bond acceptors (Lipinski definition) is 3. The maximum absolute atomic E-state index is 12.7. The highest BCUT2D eigenvalue weighted by Gasteiger charge is 2.25. The van der Waals surface area contributed by atoms with Gasteiger partial charge in [0.2, 0.25) is 5.91 Å².